The maximum Gasteiger partial charge on any atom is 0.0158 e. The fraction of sp³-hybridized carbons (Fsp3) is 0.200. The van der Waals surface area contributed by atoms with E-state index in [0.717, 1.165) is 18.4 Å². The molecule has 0 aromatic heterocycles. The van der Waals surface area contributed by atoms with Gasteiger partial charge in [0.1, 0.15) is 0 Å². The predicted octanol–water partition coefficient (Wildman–Crippen LogP) is 7.00. The monoisotopic (exact) mass is 356 g/mol. The summed E-state index contributed by atoms with van der Waals surface area (Å²) in [5.41, 5.74) is 7.76. The molecule has 1 aliphatic rings. The topological polar surface area (TPSA) is 0 Å². The summed E-state index contributed by atoms with van der Waals surface area (Å²) in [4.78, 5) is 2.75. The maximum absolute atomic E-state index is 4.37. The minimum atomic E-state index is 0.685. The van der Waals surface area contributed by atoms with E-state index in [-0.39, 0.29) is 0 Å². The highest BCUT2D eigenvalue weighted by Crippen LogP contribution is 2.40. The van der Waals surface area contributed by atoms with Gasteiger partial charge in [0, 0.05) is 9.79 Å². The first-order valence-corrected chi connectivity index (χ1v) is 10.1. The molecule has 0 radical (unpaired) electrons. The second-order valence-corrected chi connectivity index (χ2v) is 8.57. The van der Waals surface area contributed by atoms with Gasteiger partial charge in [-0.15, -0.1) is 0 Å². The average molecular weight is 357 g/mol. The molecule has 0 N–H and O–H groups in total. The van der Waals surface area contributed by atoms with Gasteiger partial charge in [-0.1, -0.05) is 80.7 Å². The van der Waals surface area contributed by atoms with E-state index in [1.165, 1.54) is 37.6 Å². The Bertz CT molecular complexity index is 948. The molecule has 130 valence electrons. The highest BCUT2D eigenvalue weighted by atomic mass is 32.2. The number of rotatable bonds is 4. The second kappa shape index (κ2) is 7.17. The van der Waals surface area contributed by atoms with Crippen LogP contribution in [0.1, 0.15) is 41.7 Å². The van der Waals surface area contributed by atoms with Crippen LogP contribution in [0.15, 0.2) is 83.1 Å². The van der Waals surface area contributed by atoms with Gasteiger partial charge in [0.25, 0.3) is 0 Å². The van der Waals surface area contributed by atoms with Crippen LogP contribution in [0.25, 0.3) is 5.57 Å². The fourth-order valence-electron chi connectivity index (χ4n) is 3.56. The predicted molar refractivity (Wildman–Crippen MR) is 113 cm³/mol. The van der Waals surface area contributed by atoms with Crippen LogP contribution in [0.3, 0.4) is 0 Å². The molecule has 0 amide bonds. The summed E-state index contributed by atoms with van der Waals surface area (Å²) in [5.74, 6) is 0.685. The van der Waals surface area contributed by atoms with E-state index in [9.17, 15) is 0 Å². The molecular weight excluding hydrogens is 332 g/mol. The van der Waals surface area contributed by atoms with Crippen molar-refractivity contribution in [1.82, 2.24) is 0 Å². The zero-order valence-corrected chi connectivity index (χ0v) is 16.3. The Labute approximate surface area is 161 Å². The van der Waals surface area contributed by atoms with Crippen LogP contribution in [-0.2, 0) is 12.8 Å². The van der Waals surface area contributed by atoms with Crippen molar-refractivity contribution in [3.8, 4) is 0 Å². The minimum Gasteiger partial charge on any atom is -0.0906 e. The number of hydrogen-bond donors (Lipinski definition) is 0. The molecule has 4 rings (SSSR count). The fourth-order valence-corrected chi connectivity index (χ4v) is 4.61. The largest absolute Gasteiger partial charge is 0.0906 e. The first-order valence-electron chi connectivity index (χ1n) is 9.27. The van der Waals surface area contributed by atoms with Crippen LogP contribution in [0, 0.1) is 5.92 Å². The van der Waals surface area contributed by atoms with Gasteiger partial charge < -0.3 is 0 Å². The SMILES string of the molecule is C=C(c1ccc(CC(C)C)cc1)c1ccc2c(c1)Cc1ccccc1S2. The second-order valence-electron chi connectivity index (χ2n) is 7.48. The van der Waals surface area contributed by atoms with E-state index < -0.39 is 0 Å². The quantitative estimate of drug-likeness (QED) is 0.379. The van der Waals surface area contributed by atoms with Gasteiger partial charge in [-0.2, -0.15) is 0 Å². The molecule has 0 spiro atoms. The first kappa shape index (κ1) is 17.2. The van der Waals surface area contributed by atoms with E-state index in [2.05, 4.69) is 87.2 Å². The van der Waals surface area contributed by atoms with Crippen molar-refractivity contribution in [2.24, 2.45) is 5.92 Å². The Morgan fingerprint density at radius 1 is 0.885 bits per heavy atom. The van der Waals surface area contributed by atoms with Crippen molar-refractivity contribution in [2.45, 2.75) is 36.5 Å². The maximum atomic E-state index is 4.37. The molecule has 1 aliphatic heterocycles. The van der Waals surface area contributed by atoms with E-state index in [4.69, 9.17) is 0 Å². The average Bonchev–Trinajstić information content (AvgIpc) is 2.65. The molecule has 0 saturated heterocycles. The van der Waals surface area contributed by atoms with E-state index in [1.54, 1.807) is 0 Å². The van der Waals surface area contributed by atoms with Crippen LogP contribution < -0.4 is 0 Å². The molecule has 26 heavy (non-hydrogen) atoms. The van der Waals surface area contributed by atoms with Crippen molar-refractivity contribution in [2.75, 3.05) is 0 Å². The Morgan fingerprint density at radius 3 is 2.35 bits per heavy atom. The number of benzene rings is 3. The van der Waals surface area contributed by atoms with E-state index >= 15 is 0 Å². The number of fused-ring (bicyclic) bond motifs is 2. The van der Waals surface area contributed by atoms with Crippen molar-refractivity contribution >= 4 is 17.3 Å². The van der Waals surface area contributed by atoms with Crippen LogP contribution in [0.2, 0.25) is 0 Å². The highest BCUT2D eigenvalue weighted by Gasteiger charge is 2.16. The van der Waals surface area contributed by atoms with Gasteiger partial charge in [-0.05, 0) is 70.3 Å². The van der Waals surface area contributed by atoms with Crippen LogP contribution in [0.4, 0.5) is 0 Å². The first-order chi connectivity index (χ1) is 12.6. The van der Waals surface area contributed by atoms with Gasteiger partial charge in [-0.25, -0.2) is 0 Å². The van der Waals surface area contributed by atoms with Gasteiger partial charge in [-0.3, -0.25) is 0 Å². The van der Waals surface area contributed by atoms with Gasteiger partial charge in [0.05, 0.1) is 0 Å². The molecule has 0 unspecified atom stereocenters. The Balaban J connectivity index is 1.58. The lowest BCUT2D eigenvalue weighted by Crippen LogP contribution is -2.00. The molecule has 0 fully saturated rings. The summed E-state index contributed by atoms with van der Waals surface area (Å²) in [6, 6.07) is 24.4. The minimum absolute atomic E-state index is 0.685. The molecule has 3 aromatic rings. The zero-order valence-electron chi connectivity index (χ0n) is 15.5. The zero-order chi connectivity index (χ0) is 18.1. The van der Waals surface area contributed by atoms with Crippen LogP contribution in [0.5, 0.6) is 0 Å². The molecule has 0 nitrogen and oxygen atoms in total. The van der Waals surface area contributed by atoms with Crippen LogP contribution in [-0.4, -0.2) is 0 Å². The Morgan fingerprint density at radius 2 is 1.58 bits per heavy atom. The smallest absolute Gasteiger partial charge is 0.0158 e. The normalized spacial score (nSPS) is 12.6. The molecule has 3 aromatic carbocycles. The standard InChI is InChI=1S/C25H24S/c1-17(2)14-19-8-10-20(11-9-19)18(3)21-12-13-25-23(15-21)16-22-6-4-5-7-24(22)26-25/h4-13,15,17H,3,14,16H2,1-2H3. The lowest BCUT2D eigenvalue weighted by Gasteiger charge is -2.20. The molecule has 0 bridgehead atoms. The van der Waals surface area contributed by atoms with Gasteiger partial charge >= 0.3 is 0 Å². The lowest BCUT2D eigenvalue weighted by molar-refractivity contribution is 0.647. The van der Waals surface area contributed by atoms with Gasteiger partial charge in [0.2, 0.25) is 0 Å². The molecule has 0 saturated carbocycles. The van der Waals surface area contributed by atoms with Gasteiger partial charge in [0.15, 0.2) is 0 Å². The lowest BCUT2D eigenvalue weighted by atomic mass is 9.94. The van der Waals surface area contributed by atoms with Crippen molar-refractivity contribution in [3.63, 3.8) is 0 Å². The molecule has 1 heterocycles. The van der Waals surface area contributed by atoms with Crippen molar-refractivity contribution in [3.05, 3.63) is 101 Å². The third kappa shape index (κ3) is 3.50. The summed E-state index contributed by atoms with van der Waals surface area (Å²) in [7, 11) is 0. The molecule has 0 atom stereocenters. The van der Waals surface area contributed by atoms with Crippen molar-refractivity contribution < 1.29 is 0 Å². The number of hydrogen-bond acceptors (Lipinski definition) is 1. The third-order valence-corrected chi connectivity index (χ3v) is 6.17. The summed E-state index contributed by atoms with van der Waals surface area (Å²) < 4.78 is 0. The molecule has 0 aliphatic carbocycles. The van der Waals surface area contributed by atoms with Crippen molar-refractivity contribution in [1.29, 1.82) is 0 Å². The molecular formula is C25H24S. The summed E-state index contributed by atoms with van der Waals surface area (Å²) >= 11 is 1.88. The highest BCUT2D eigenvalue weighted by molar-refractivity contribution is 7.99. The Kier molecular flexibility index (Phi) is 4.74. The molecule has 1 heteroatoms. The summed E-state index contributed by atoms with van der Waals surface area (Å²) in [5, 5.41) is 0. The van der Waals surface area contributed by atoms with Crippen LogP contribution >= 0.6 is 11.8 Å². The van der Waals surface area contributed by atoms with E-state index in [0.29, 0.717) is 5.92 Å². The van der Waals surface area contributed by atoms with E-state index in [1.807, 2.05) is 11.8 Å². The summed E-state index contributed by atoms with van der Waals surface area (Å²) in [6.07, 6.45) is 2.13. The Hall–Kier alpha value is -2.25. The third-order valence-electron chi connectivity index (χ3n) is 4.93. The summed E-state index contributed by atoms with van der Waals surface area (Å²) in [6.45, 7) is 8.89.